The minimum absolute atomic E-state index is 0.0341. The number of anilines is 1. The van der Waals surface area contributed by atoms with Crippen LogP contribution >= 0.6 is 11.6 Å². The Kier molecular flexibility index (Phi) is 4.06. The number of nitrogens with zero attached hydrogens (tertiary/aromatic N) is 3. The summed E-state index contributed by atoms with van der Waals surface area (Å²) in [4.78, 5) is 2.13. The van der Waals surface area contributed by atoms with E-state index in [1.54, 1.807) is 0 Å². The van der Waals surface area contributed by atoms with Gasteiger partial charge in [0.15, 0.2) is 0 Å². The Morgan fingerprint density at radius 2 is 1.91 bits per heavy atom. The maximum Gasteiger partial charge on any atom is 0.215 e. The van der Waals surface area contributed by atoms with Gasteiger partial charge in [-0.2, -0.15) is 9.57 Å². The molecule has 1 aromatic carbocycles. The van der Waals surface area contributed by atoms with Crippen LogP contribution in [-0.4, -0.2) is 44.7 Å². The van der Waals surface area contributed by atoms with Crippen molar-refractivity contribution in [1.29, 1.82) is 5.26 Å². The molecular weight excluding hydrogens is 322 g/mol. The van der Waals surface area contributed by atoms with E-state index in [4.69, 9.17) is 16.9 Å². The molecule has 2 aliphatic rings. The van der Waals surface area contributed by atoms with Crippen LogP contribution in [0.5, 0.6) is 0 Å². The monoisotopic (exact) mass is 339 g/mol. The van der Waals surface area contributed by atoms with Crippen molar-refractivity contribution >= 4 is 27.3 Å². The second kappa shape index (κ2) is 5.73. The Bertz CT molecular complexity index is 702. The first-order chi connectivity index (χ1) is 10.4. The second-order valence-electron chi connectivity index (χ2n) is 6.01. The Balaban J connectivity index is 1.63. The van der Waals surface area contributed by atoms with Gasteiger partial charge >= 0.3 is 0 Å². The maximum atomic E-state index is 12.4. The van der Waals surface area contributed by atoms with Gasteiger partial charge in [-0.15, -0.1) is 0 Å². The zero-order valence-corrected chi connectivity index (χ0v) is 13.8. The number of benzene rings is 1. The molecular formula is C15H18ClN3O2S. The molecule has 0 bridgehead atoms. The molecule has 0 N–H and O–H groups in total. The number of hydrogen-bond acceptors (Lipinski definition) is 4. The summed E-state index contributed by atoms with van der Waals surface area (Å²) in [5.41, 5.74) is 0.392. The molecule has 1 aromatic rings. The molecule has 1 aliphatic heterocycles. The van der Waals surface area contributed by atoms with Crippen LogP contribution in [0.1, 0.15) is 12.8 Å². The van der Waals surface area contributed by atoms with E-state index in [0.29, 0.717) is 44.0 Å². The van der Waals surface area contributed by atoms with Crippen LogP contribution in [0, 0.1) is 16.7 Å². The number of rotatable bonds is 4. The SMILES string of the molecule is N#CC1(CS(=O)(=O)N2CCN(c3cccc(Cl)c3)CC2)CC1. The first kappa shape index (κ1) is 15.6. The van der Waals surface area contributed by atoms with E-state index in [1.165, 1.54) is 4.31 Å². The lowest BCUT2D eigenvalue weighted by Crippen LogP contribution is -2.50. The van der Waals surface area contributed by atoms with Crippen molar-refractivity contribution in [2.75, 3.05) is 36.8 Å². The number of halogens is 1. The second-order valence-corrected chi connectivity index (χ2v) is 8.42. The van der Waals surface area contributed by atoms with Crippen LogP contribution in [0.4, 0.5) is 5.69 Å². The van der Waals surface area contributed by atoms with Gasteiger partial charge in [0.25, 0.3) is 0 Å². The molecule has 0 atom stereocenters. The first-order valence-electron chi connectivity index (χ1n) is 7.34. The van der Waals surface area contributed by atoms with Crippen molar-refractivity contribution in [2.45, 2.75) is 12.8 Å². The van der Waals surface area contributed by atoms with Crippen molar-refractivity contribution in [3.8, 4) is 6.07 Å². The van der Waals surface area contributed by atoms with Crippen LogP contribution in [0.2, 0.25) is 5.02 Å². The quantitative estimate of drug-likeness (QED) is 0.842. The molecule has 22 heavy (non-hydrogen) atoms. The molecule has 7 heteroatoms. The van der Waals surface area contributed by atoms with Gasteiger partial charge in [-0.25, -0.2) is 8.42 Å². The zero-order valence-electron chi connectivity index (χ0n) is 12.2. The van der Waals surface area contributed by atoms with E-state index in [0.717, 1.165) is 5.69 Å². The van der Waals surface area contributed by atoms with Gasteiger partial charge < -0.3 is 4.90 Å². The van der Waals surface area contributed by atoms with Gasteiger partial charge in [0.05, 0.1) is 17.2 Å². The zero-order chi connectivity index (χ0) is 15.8. The predicted molar refractivity (Wildman–Crippen MR) is 86.3 cm³/mol. The summed E-state index contributed by atoms with van der Waals surface area (Å²) in [6.07, 6.45) is 1.40. The highest BCUT2D eigenvalue weighted by molar-refractivity contribution is 7.89. The summed E-state index contributed by atoms with van der Waals surface area (Å²) in [6.45, 7) is 2.19. The highest BCUT2D eigenvalue weighted by Crippen LogP contribution is 2.46. The molecule has 118 valence electrons. The Morgan fingerprint density at radius 1 is 1.23 bits per heavy atom. The number of hydrogen-bond donors (Lipinski definition) is 0. The van der Waals surface area contributed by atoms with E-state index < -0.39 is 15.4 Å². The molecule has 1 heterocycles. The predicted octanol–water partition coefficient (Wildman–Crippen LogP) is 2.10. The summed E-state index contributed by atoms with van der Waals surface area (Å²) in [5, 5.41) is 9.76. The average molecular weight is 340 g/mol. The molecule has 5 nitrogen and oxygen atoms in total. The van der Waals surface area contributed by atoms with Gasteiger partial charge in [0.2, 0.25) is 10.0 Å². The maximum absolute atomic E-state index is 12.4. The van der Waals surface area contributed by atoms with Crippen LogP contribution in [0.25, 0.3) is 0 Å². The van der Waals surface area contributed by atoms with E-state index in [-0.39, 0.29) is 5.75 Å². The molecule has 0 spiro atoms. The molecule has 1 aliphatic carbocycles. The number of nitriles is 1. The van der Waals surface area contributed by atoms with Crippen LogP contribution in [-0.2, 0) is 10.0 Å². The fraction of sp³-hybridized carbons (Fsp3) is 0.533. The molecule has 0 unspecified atom stereocenters. The molecule has 1 saturated heterocycles. The van der Waals surface area contributed by atoms with Crippen molar-refractivity contribution in [3.05, 3.63) is 29.3 Å². The lowest BCUT2D eigenvalue weighted by Gasteiger charge is -2.35. The van der Waals surface area contributed by atoms with Crippen molar-refractivity contribution in [2.24, 2.45) is 5.41 Å². The summed E-state index contributed by atoms with van der Waals surface area (Å²) in [6, 6.07) is 9.74. The summed E-state index contributed by atoms with van der Waals surface area (Å²) in [5.74, 6) is -0.0341. The first-order valence-corrected chi connectivity index (χ1v) is 9.32. The molecule has 3 rings (SSSR count). The van der Waals surface area contributed by atoms with E-state index in [9.17, 15) is 8.42 Å². The number of sulfonamides is 1. The summed E-state index contributed by atoms with van der Waals surface area (Å²) >= 11 is 6.00. The molecule has 1 saturated carbocycles. The van der Waals surface area contributed by atoms with Crippen molar-refractivity contribution < 1.29 is 8.42 Å². The Morgan fingerprint density at radius 3 is 2.45 bits per heavy atom. The van der Waals surface area contributed by atoms with Gasteiger partial charge in [-0.1, -0.05) is 17.7 Å². The minimum Gasteiger partial charge on any atom is -0.369 e. The summed E-state index contributed by atoms with van der Waals surface area (Å²) < 4.78 is 26.4. The standard InChI is InChI=1S/C15H18ClN3O2S/c16-13-2-1-3-14(10-13)18-6-8-19(9-7-18)22(20,21)12-15(11-17)4-5-15/h1-3,10H,4-9,12H2. The number of piperazine rings is 1. The fourth-order valence-electron chi connectivity index (χ4n) is 2.78. The van der Waals surface area contributed by atoms with E-state index in [2.05, 4.69) is 11.0 Å². The third-order valence-corrected chi connectivity index (χ3v) is 6.66. The highest BCUT2D eigenvalue weighted by atomic mass is 35.5. The average Bonchev–Trinajstić information content (AvgIpc) is 3.27. The Hall–Kier alpha value is -1.29. The minimum atomic E-state index is -3.35. The van der Waals surface area contributed by atoms with Gasteiger partial charge in [0, 0.05) is 36.9 Å². The van der Waals surface area contributed by atoms with Crippen LogP contribution < -0.4 is 4.90 Å². The third kappa shape index (κ3) is 3.22. The van der Waals surface area contributed by atoms with Gasteiger partial charge in [0.1, 0.15) is 0 Å². The fourth-order valence-corrected chi connectivity index (χ4v) is 4.92. The topological polar surface area (TPSA) is 64.4 Å². The molecule has 2 fully saturated rings. The van der Waals surface area contributed by atoms with Crippen LogP contribution in [0.3, 0.4) is 0 Å². The van der Waals surface area contributed by atoms with E-state index >= 15 is 0 Å². The largest absolute Gasteiger partial charge is 0.369 e. The van der Waals surface area contributed by atoms with Crippen LogP contribution in [0.15, 0.2) is 24.3 Å². The summed E-state index contributed by atoms with van der Waals surface area (Å²) in [7, 11) is -3.35. The van der Waals surface area contributed by atoms with Gasteiger partial charge in [-0.05, 0) is 31.0 Å². The smallest absolute Gasteiger partial charge is 0.215 e. The molecule has 0 radical (unpaired) electrons. The lowest BCUT2D eigenvalue weighted by molar-refractivity contribution is 0.382. The van der Waals surface area contributed by atoms with Crippen molar-refractivity contribution in [3.63, 3.8) is 0 Å². The van der Waals surface area contributed by atoms with Gasteiger partial charge in [-0.3, -0.25) is 0 Å². The van der Waals surface area contributed by atoms with Crippen molar-refractivity contribution in [1.82, 2.24) is 4.31 Å². The Labute approximate surface area is 136 Å². The molecule has 0 aromatic heterocycles. The normalized spacial score (nSPS) is 21.4. The van der Waals surface area contributed by atoms with E-state index in [1.807, 2.05) is 24.3 Å². The third-order valence-electron chi connectivity index (χ3n) is 4.35. The lowest BCUT2D eigenvalue weighted by atomic mass is 10.2. The molecule has 0 amide bonds. The highest BCUT2D eigenvalue weighted by Gasteiger charge is 2.48.